The van der Waals surface area contributed by atoms with Gasteiger partial charge >= 0.3 is 0 Å². The molecule has 0 fully saturated rings. The van der Waals surface area contributed by atoms with Gasteiger partial charge in [0, 0.05) is 0 Å². The summed E-state index contributed by atoms with van der Waals surface area (Å²) in [7, 11) is -3.96. The molecule has 0 aliphatic rings. The number of carbonyl (C=O) groups excluding carboxylic acids is 1. The molecule has 0 saturated carbocycles. The maximum absolute atomic E-state index is 12.6. The Morgan fingerprint density at radius 3 is 2.22 bits per heavy atom. The molecule has 0 atom stereocenters. The Balaban J connectivity index is 2.21. The Morgan fingerprint density at radius 2 is 1.70 bits per heavy atom. The molecule has 2 aromatic rings. The lowest BCUT2D eigenvalue weighted by atomic mass is 9.95. The molecule has 0 aliphatic heterocycles. The van der Waals surface area contributed by atoms with Gasteiger partial charge in [0.25, 0.3) is 10.0 Å². The fraction of sp³-hybridized carbons (Fsp3) is 0.350. The van der Waals surface area contributed by atoms with E-state index < -0.39 is 15.9 Å². The summed E-state index contributed by atoms with van der Waals surface area (Å²) in [6, 6.07) is 10.3. The van der Waals surface area contributed by atoms with Gasteiger partial charge in [-0.2, -0.15) is 0 Å². The summed E-state index contributed by atoms with van der Waals surface area (Å²) in [5.74, 6) is 0.00263. The quantitative estimate of drug-likeness (QED) is 0.654. The Morgan fingerprint density at radius 1 is 1.07 bits per heavy atom. The van der Waals surface area contributed by atoms with E-state index in [4.69, 9.17) is 4.74 Å². The van der Waals surface area contributed by atoms with Crippen molar-refractivity contribution in [3.05, 3.63) is 57.6 Å². The van der Waals surface area contributed by atoms with E-state index in [0.29, 0.717) is 16.8 Å². The van der Waals surface area contributed by atoms with Gasteiger partial charge in [0.1, 0.15) is 5.75 Å². The number of aryl methyl sites for hydroxylation is 2. The molecule has 0 radical (unpaired) electrons. The van der Waals surface area contributed by atoms with E-state index in [9.17, 15) is 13.2 Å². The summed E-state index contributed by atoms with van der Waals surface area (Å²) >= 11 is 3.30. The van der Waals surface area contributed by atoms with Gasteiger partial charge in [-0.1, -0.05) is 32.0 Å². The van der Waals surface area contributed by atoms with Gasteiger partial charge in [0.15, 0.2) is 0 Å². The van der Waals surface area contributed by atoms with Crippen LogP contribution in [0.3, 0.4) is 0 Å². The number of carbonyl (C=O) groups is 1. The fourth-order valence-electron chi connectivity index (χ4n) is 2.90. The van der Waals surface area contributed by atoms with E-state index in [1.807, 2.05) is 39.0 Å². The standard InChI is InChI=1S/C20H24BrNO4S/c1-4-14-8-7-9-15(5-2)17(14)13-20(23)22-27(24,25)16-10-11-19(26-6-3)18(21)12-16/h7-12H,4-6,13H2,1-3H3,(H,22,23). The van der Waals surface area contributed by atoms with Crippen LogP contribution in [0.1, 0.15) is 37.5 Å². The van der Waals surface area contributed by atoms with Gasteiger partial charge in [-0.25, -0.2) is 13.1 Å². The van der Waals surface area contributed by atoms with Gasteiger partial charge in [0.2, 0.25) is 5.91 Å². The van der Waals surface area contributed by atoms with E-state index in [1.165, 1.54) is 12.1 Å². The van der Waals surface area contributed by atoms with Gasteiger partial charge in [-0.3, -0.25) is 4.79 Å². The van der Waals surface area contributed by atoms with Crippen LogP contribution in [-0.2, 0) is 34.1 Å². The van der Waals surface area contributed by atoms with E-state index in [1.54, 1.807) is 6.07 Å². The number of hydrogen-bond donors (Lipinski definition) is 1. The molecule has 0 spiro atoms. The highest BCUT2D eigenvalue weighted by atomic mass is 79.9. The monoisotopic (exact) mass is 453 g/mol. The van der Waals surface area contributed by atoms with Crippen molar-refractivity contribution in [1.82, 2.24) is 4.72 Å². The highest BCUT2D eigenvalue weighted by molar-refractivity contribution is 9.10. The third-order valence-electron chi connectivity index (χ3n) is 4.23. The lowest BCUT2D eigenvalue weighted by molar-refractivity contribution is -0.118. The molecular weight excluding hydrogens is 430 g/mol. The maximum atomic E-state index is 12.6. The SMILES string of the molecule is CCOc1ccc(S(=O)(=O)NC(=O)Cc2c(CC)cccc2CC)cc1Br. The zero-order valence-electron chi connectivity index (χ0n) is 15.7. The van der Waals surface area contributed by atoms with Crippen molar-refractivity contribution in [3.8, 4) is 5.75 Å². The first-order chi connectivity index (χ1) is 12.8. The topological polar surface area (TPSA) is 72.5 Å². The summed E-state index contributed by atoms with van der Waals surface area (Å²) in [5.41, 5.74) is 3.03. The first-order valence-corrected chi connectivity index (χ1v) is 11.2. The molecule has 2 rings (SSSR count). The molecule has 0 unspecified atom stereocenters. The highest BCUT2D eigenvalue weighted by Gasteiger charge is 2.20. The lowest BCUT2D eigenvalue weighted by Crippen LogP contribution is -2.32. The molecule has 0 aromatic heterocycles. The average Bonchev–Trinajstić information content (AvgIpc) is 2.63. The number of rotatable bonds is 8. The van der Waals surface area contributed by atoms with Crippen molar-refractivity contribution < 1.29 is 17.9 Å². The summed E-state index contributed by atoms with van der Waals surface area (Å²) < 4.78 is 33.2. The first kappa shape index (κ1) is 21.4. The molecule has 0 heterocycles. The van der Waals surface area contributed by atoms with Crippen LogP contribution in [0.4, 0.5) is 0 Å². The fourth-order valence-corrected chi connectivity index (χ4v) is 4.56. The van der Waals surface area contributed by atoms with Crippen LogP contribution < -0.4 is 9.46 Å². The normalized spacial score (nSPS) is 11.3. The number of amides is 1. The smallest absolute Gasteiger partial charge is 0.264 e. The molecule has 2 aromatic carbocycles. The minimum Gasteiger partial charge on any atom is -0.493 e. The molecule has 7 heteroatoms. The molecule has 1 N–H and O–H groups in total. The van der Waals surface area contributed by atoms with Crippen molar-refractivity contribution >= 4 is 31.9 Å². The van der Waals surface area contributed by atoms with E-state index in [-0.39, 0.29) is 11.3 Å². The molecule has 0 saturated heterocycles. The largest absolute Gasteiger partial charge is 0.493 e. The number of nitrogens with one attached hydrogen (secondary N) is 1. The highest BCUT2D eigenvalue weighted by Crippen LogP contribution is 2.28. The van der Waals surface area contributed by atoms with Gasteiger partial charge < -0.3 is 4.74 Å². The molecule has 0 bridgehead atoms. The van der Waals surface area contributed by atoms with Crippen LogP contribution in [0.5, 0.6) is 5.75 Å². The van der Waals surface area contributed by atoms with E-state index >= 15 is 0 Å². The van der Waals surface area contributed by atoms with Crippen molar-refractivity contribution in [2.45, 2.75) is 44.9 Å². The number of sulfonamides is 1. The van der Waals surface area contributed by atoms with Crippen LogP contribution in [0, 0.1) is 0 Å². The third kappa shape index (κ3) is 5.32. The minimum atomic E-state index is -3.96. The zero-order chi connectivity index (χ0) is 20.0. The Bertz CT molecular complexity index is 903. The second kappa shape index (κ2) is 9.37. The average molecular weight is 454 g/mol. The van der Waals surface area contributed by atoms with Crippen LogP contribution in [0.25, 0.3) is 0 Å². The van der Waals surface area contributed by atoms with E-state index in [0.717, 1.165) is 29.5 Å². The van der Waals surface area contributed by atoms with Gasteiger partial charge in [-0.05, 0) is 70.6 Å². The predicted octanol–water partition coefficient (Wildman–Crippen LogP) is 4.02. The maximum Gasteiger partial charge on any atom is 0.264 e. The minimum absolute atomic E-state index is 0.00525. The summed E-state index contributed by atoms with van der Waals surface area (Å²) in [6.07, 6.45) is 1.61. The molecular formula is C20H24BrNO4S. The van der Waals surface area contributed by atoms with Gasteiger partial charge in [0.05, 0.1) is 22.4 Å². The van der Waals surface area contributed by atoms with Crippen molar-refractivity contribution in [1.29, 1.82) is 0 Å². The zero-order valence-corrected chi connectivity index (χ0v) is 18.1. The number of benzene rings is 2. The predicted molar refractivity (Wildman–Crippen MR) is 110 cm³/mol. The molecule has 146 valence electrons. The third-order valence-corrected chi connectivity index (χ3v) is 6.22. The van der Waals surface area contributed by atoms with Crippen LogP contribution >= 0.6 is 15.9 Å². The second-order valence-corrected chi connectivity index (χ2v) is 8.53. The summed E-state index contributed by atoms with van der Waals surface area (Å²) in [5, 5.41) is 0. The Hall–Kier alpha value is -1.86. The van der Waals surface area contributed by atoms with Crippen LogP contribution in [0.15, 0.2) is 45.8 Å². The van der Waals surface area contributed by atoms with Gasteiger partial charge in [-0.15, -0.1) is 0 Å². The lowest BCUT2D eigenvalue weighted by Gasteiger charge is -2.14. The van der Waals surface area contributed by atoms with E-state index in [2.05, 4.69) is 20.7 Å². The van der Waals surface area contributed by atoms with Crippen molar-refractivity contribution in [2.75, 3.05) is 6.61 Å². The number of ether oxygens (including phenoxy) is 1. The van der Waals surface area contributed by atoms with Crippen molar-refractivity contribution in [3.63, 3.8) is 0 Å². The summed E-state index contributed by atoms with van der Waals surface area (Å²) in [6.45, 7) is 6.35. The number of halogens is 1. The Kier molecular flexibility index (Phi) is 7.44. The van der Waals surface area contributed by atoms with Crippen molar-refractivity contribution in [2.24, 2.45) is 0 Å². The summed E-state index contributed by atoms with van der Waals surface area (Å²) in [4.78, 5) is 12.5. The van der Waals surface area contributed by atoms with Crippen LogP contribution in [0.2, 0.25) is 0 Å². The molecule has 1 amide bonds. The number of hydrogen-bond acceptors (Lipinski definition) is 4. The van der Waals surface area contributed by atoms with Crippen LogP contribution in [-0.4, -0.2) is 20.9 Å². The second-order valence-electron chi connectivity index (χ2n) is 5.99. The molecule has 27 heavy (non-hydrogen) atoms. The Labute approximate surface area is 169 Å². The first-order valence-electron chi connectivity index (χ1n) is 8.90. The molecule has 0 aliphatic carbocycles. The molecule has 5 nitrogen and oxygen atoms in total.